The van der Waals surface area contributed by atoms with Gasteiger partial charge in [0.2, 0.25) is 0 Å². The molecule has 0 aromatic heterocycles. The number of ether oxygens (including phenoxy) is 4. The zero-order valence-corrected chi connectivity index (χ0v) is 11.1. The molecule has 6 atom stereocenters. The molecule has 0 saturated carbocycles. The first kappa shape index (κ1) is 13.9. The van der Waals surface area contributed by atoms with Gasteiger partial charge < -0.3 is 29.2 Å². The minimum absolute atomic E-state index is 0.272. The van der Waals surface area contributed by atoms with Crippen molar-refractivity contribution in [2.75, 3.05) is 13.7 Å². The Bertz CT molecular complexity index is 437. The smallest absolute Gasteiger partial charge is 0.186 e. The van der Waals surface area contributed by atoms with Crippen LogP contribution in [0, 0.1) is 0 Å². The summed E-state index contributed by atoms with van der Waals surface area (Å²) in [5.74, 6) is 0. The van der Waals surface area contributed by atoms with Gasteiger partial charge in [-0.1, -0.05) is 30.3 Å². The normalized spacial score (nSPS) is 41.1. The summed E-state index contributed by atoms with van der Waals surface area (Å²) >= 11 is 0. The standard InChI is InChI=1S/C14H18O6/c1-17-14-11(16)10(15)12-9(19-14)7-18-13(20-12)8-5-3-2-4-6-8/h2-6,9-16H,7H2,1H3/t9-,10-,11-,12-,13+,14+/m1/s1. The van der Waals surface area contributed by atoms with Crippen LogP contribution in [0.5, 0.6) is 0 Å². The third-order valence-corrected chi connectivity index (χ3v) is 3.64. The second kappa shape index (κ2) is 5.77. The lowest BCUT2D eigenvalue weighted by Crippen LogP contribution is -2.62. The summed E-state index contributed by atoms with van der Waals surface area (Å²) in [6.45, 7) is 0.272. The third-order valence-electron chi connectivity index (χ3n) is 3.64. The average molecular weight is 282 g/mol. The SMILES string of the molecule is CO[C@H]1O[C@@H]2CO[C@H](c3ccccc3)O[C@H]2[C@H](O)[C@H]1O. The fourth-order valence-corrected chi connectivity index (χ4v) is 2.55. The summed E-state index contributed by atoms with van der Waals surface area (Å²) in [5.41, 5.74) is 0.863. The van der Waals surface area contributed by atoms with E-state index in [1.165, 1.54) is 7.11 Å². The molecule has 2 heterocycles. The molecule has 2 saturated heterocycles. The Morgan fingerprint density at radius 3 is 2.55 bits per heavy atom. The first-order valence-corrected chi connectivity index (χ1v) is 6.57. The predicted octanol–water partition coefficient (Wildman–Crippen LogP) is 0.194. The summed E-state index contributed by atoms with van der Waals surface area (Å²) in [5, 5.41) is 20.1. The van der Waals surface area contributed by atoms with Crippen LogP contribution >= 0.6 is 0 Å². The molecule has 2 aliphatic heterocycles. The van der Waals surface area contributed by atoms with Crippen LogP contribution in [0.1, 0.15) is 11.9 Å². The van der Waals surface area contributed by atoms with E-state index in [-0.39, 0.29) is 6.61 Å². The van der Waals surface area contributed by atoms with Crippen molar-refractivity contribution < 1.29 is 29.2 Å². The van der Waals surface area contributed by atoms with Crippen molar-refractivity contribution in [3.05, 3.63) is 35.9 Å². The van der Waals surface area contributed by atoms with Crippen molar-refractivity contribution in [3.8, 4) is 0 Å². The number of aliphatic hydroxyl groups is 2. The van der Waals surface area contributed by atoms with Gasteiger partial charge in [-0.05, 0) is 0 Å². The van der Waals surface area contributed by atoms with Crippen LogP contribution in [-0.4, -0.2) is 54.6 Å². The van der Waals surface area contributed by atoms with Crippen LogP contribution in [0.15, 0.2) is 30.3 Å². The van der Waals surface area contributed by atoms with E-state index in [0.717, 1.165) is 5.56 Å². The van der Waals surface area contributed by atoms with E-state index in [9.17, 15) is 10.2 Å². The van der Waals surface area contributed by atoms with Crippen molar-refractivity contribution >= 4 is 0 Å². The molecule has 2 aliphatic rings. The molecule has 20 heavy (non-hydrogen) atoms. The summed E-state index contributed by atoms with van der Waals surface area (Å²) in [6, 6.07) is 9.45. The van der Waals surface area contributed by atoms with E-state index in [0.29, 0.717) is 0 Å². The van der Waals surface area contributed by atoms with Crippen molar-refractivity contribution in [2.24, 2.45) is 0 Å². The van der Waals surface area contributed by atoms with Crippen molar-refractivity contribution in [1.82, 2.24) is 0 Å². The highest BCUT2D eigenvalue weighted by Gasteiger charge is 2.48. The molecular formula is C14H18O6. The Morgan fingerprint density at radius 2 is 1.85 bits per heavy atom. The average Bonchev–Trinajstić information content (AvgIpc) is 2.51. The van der Waals surface area contributed by atoms with Gasteiger partial charge in [0.25, 0.3) is 0 Å². The molecule has 1 aromatic carbocycles. The zero-order valence-electron chi connectivity index (χ0n) is 11.1. The van der Waals surface area contributed by atoms with Crippen LogP contribution in [-0.2, 0) is 18.9 Å². The van der Waals surface area contributed by atoms with Gasteiger partial charge in [-0.2, -0.15) is 0 Å². The highest BCUT2D eigenvalue weighted by atomic mass is 16.7. The van der Waals surface area contributed by atoms with Crippen LogP contribution < -0.4 is 0 Å². The van der Waals surface area contributed by atoms with E-state index in [4.69, 9.17) is 18.9 Å². The molecule has 6 nitrogen and oxygen atoms in total. The minimum Gasteiger partial charge on any atom is -0.387 e. The molecule has 0 bridgehead atoms. The zero-order chi connectivity index (χ0) is 14.1. The molecule has 0 radical (unpaired) electrons. The number of rotatable bonds is 2. The Balaban J connectivity index is 1.74. The van der Waals surface area contributed by atoms with Gasteiger partial charge in [0.05, 0.1) is 6.61 Å². The fraction of sp³-hybridized carbons (Fsp3) is 0.571. The van der Waals surface area contributed by atoms with Crippen LogP contribution in [0.25, 0.3) is 0 Å². The van der Waals surface area contributed by atoms with Crippen LogP contribution in [0.4, 0.5) is 0 Å². The van der Waals surface area contributed by atoms with Crippen molar-refractivity contribution in [3.63, 3.8) is 0 Å². The van der Waals surface area contributed by atoms with E-state index >= 15 is 0 Å². The number of hydrogen-bond acceptors (Lipinski definition) is 6. The molecule has 110 valence electrons. The number of hydrogen-bond donors (Lipinski definition) is 2. The predicted molar refractivity (Wildman–Crippen MR) is 67.7 cm³/mol. The van der Waals surface area contributed by atoms with Gasteiger partial charge in [0, 0.05) is 12.7 Å². The van der Waals surface area contributed by atoms with Crippen LogP contribution in [0.2, 0.25) is 0 Å². The lowest BCUT2D eigenvalue weighted by Gasteiger charge is -2.45. The largest absolute Gasteiger partial charge is 0.387 e. The molecule has 0 aliphatic carbocycles. The van der Waals surface area contributed by atoms with Crippen molar-refractivity contribution in [1.29, 1.82) is 0 Å². The Labute approximate surface area is 116 Å². The maximum Gasteiger partial charge on any atom is 0.186 e. The van der Waals surface area contributed by atoms with E-state index in [1.54, 1.807) is 0 Å². The van der Waals surface area contributed by atoms with Gasteiger partial charge in [-0.15, -0.1) is 0 Å². The molecule has 3 rings (SSSR count). The molecular weight excluding hydrogens is 264 g/mol. The number of benzene rings is 1. The monoisotopic (exact) mass is 282 g/mol. The van der Waals surface area contributed by atoms with Gasteiger partial charge in [0.15, 0.2) is 12.6 Å². The first-order valence-electron chi connectivity index (χ1n) is 6.57. The molecule has 1 aromatic rings. The van der Waals surface area contributed by atoms with Gasteiger partial charge in [-0.25, -0.2) is 0 Å². The van der Waals surface area contributed by atoms with Gasteiger partial charge >= 0.3 is 0 Å². The molecule has 0 spiro atoms. The Hall–Kier alpha value is -1.02. The summed E-state index contributed by atoms with van der Waals surface area (Å²) < 4.78 is 21.9. The topological polar surface area (TPSA) is 77.4 Å². The number of aliphatic hydroxyl groups excluding tert-OH is 2. The highest BCUT2D eigenvalue weighted by molar-refractivity contribution is 5.16. The maximum absolute atomic E-state index is 10.1. The van der Waals surface area contributed by atoms with E-state index in [2.05, 4.69) is 0 Å². The van der Waals surface area contributed by atoms with E-state index in [1.807, 2.05) is 30.3 Å². The van der Waals surface area contributed by atoms with Gasteiger partial charge in [0.1, 0.15) is 24.4 Å². The Kier molecular flexibility index (Phi) is 4.02. The second-order valence-corrected chi connectivity index (χ2v) is 4.94. The van der Waals surface area contributed by atoms with Crippen LogP contribution in [0.3, 0.4) is 0 Å². The molecule has 0 unspecified atom stereocenters. The third kappa shape index (κ3) is 2.46. The quantitative estimate of drug-likeness (QED) is 0.806. The molecule has 2 fully saturated rings. The lowest BCUT2D eigenvalue weighted by molar-refractivity contribution is -0.358. The Morgan fingerprint density at radius 1 is 1.10 bits per heavy atom. The molecule has 2 N–H and O–H groups in total. The van der Waals surface area contributed by atoms with E-state index < -0.39 is 37.0 Å². The van der Waals surface area contributed by atoms with Crippen molar-refractivity contribution in [2.45, 2.75) is 37.0 Å². The molecule has 0 amide bonds. The second-order valence-electron chi connectivity index (χ2n) is 4.94. The fourth-order valence-electron chi connectivity index (χ4n) is 2.55. The minimum atomic E-state index is -1.14. The first-order chi connectivity index (χ1) is 9.70. The summed E-state index contributed by atoms with van der Waals surface area (Å²) in [4.78, 5) is 0. The number of methoxy groups -OCH3 is 1. The highest BCUT2D eigenvalue weighted by Crippen LogP contribution is 2.33. The van der Waals surface area contributed by atoms with Gasteiger partial charge in [-0.3, -0.25) is 0 Å². The summed E-state index contributed by atoms with van der Waals surface area (Å²) in [7, 11) is 1.41. The summed E-state index contributed by atoms with van der Waals surface area (Å²) in [6.07, 6.45) is -4.76. The lowest BCUT2D eigenvalue weighted by atomic mass is 9.98. The maximum atomic E-state index is 10.1. The molecule has 6 heteroatoms. The number of fused-ring (bicyclic) bond motifs is 1.